The minimum absolute atomic E-state index is 0.00978. The predicted molar refractivity (Wildman–Crippen MR) is 169 cm³/mol. The average Bonchev–Trinajstić information content (AvgIpc) is 3.00. The first kappa shape index (κ1) is 31.9. The summed E-state index contributed by atoms with van der Waals surface area (Å²) in [7, 11) is -2.76. The number of rotatable bonds is 11. The molecule has 0 saturated heterocycles. The van der Waals surface area contributed by atoms with Gasteiger partial charge < -0.3 is 15.0 Å². The molecule has 4 rings (SSSR count). The summed E-state index contributed by atoms with van der Waals surface area (Å²) in [6, 6.07) is 25.8. The number of hydrogen-bond donors (Lipinski definition) is 1. The van der Waals surface area contributed by atoms with Gasteiger partial charge in [0.05, 0.1) is 10.6 Å². The highest BCUT2D eigenvalue weighted by Crippen LogP contribution is 2.30. The molecule has 0 aromatic heterocycles. The van der Waals surface area contributed by atoms with E-state index in [0.717, 1.165) is 9.87 Å². The fraction of sp³-hybridized carbons (Fsp3) is 0.188. The van der Waals surface area contributed by atoms with Crippen molar-refractivity contribution in [2.45, 2.75) is 31.3 Å². The number of carbonyl (C=O) groups is 2. The third-order valence-corrected chi connectivity index (χ3v) is 9.29. The molecule has 8 nitrogen and oxygen atoms in total. The Morgan fingerprint density at radius 1 is 0.837 bits per heavy atom. The zero-order valence-corrected chi connectivity index (χ0v) is 26.2. The van der Waals surface area contributed by atoms with Crippen LogP contribution < -0.4 is 14.4 Å². The fourth-order valence-corrected chi connectivity index (χ4v) is 6.25. The van der Waals surface area contributed by atoms with Gasteiger partial charge in [0.25, 0.3) is 10.0 Å². The van der Waals surface area contributed by atoms with Crippen molar-refractivity contribution >= 4 is 50.7 Å². The molecule has 0 bridgehead atoms. The molecule has 0 aliphatic carbocycles. The number of hydrogen-bond acceptors (Lipinski definition) is 5. The van der Waals surface area contributed by atoms with Crippen molar-refractivity contribution in [3.05, 3.63) is 118 Å². The van der Waals surface area contributed by atoms with Gasteiger partial charge in [-0.05, 0) is 74.5 Å². The molecule has 224 valence electrons. The van der Waals surface area contributed by atoms with E-state index < -0.39 is 34.4 Å². The highest BCUT2D eigenvalue weighted by Gasteiger charge is 2.33. The smallest absolute Gasteiger partial charge is 0.264 e. The van der Waals surface area contributed by atoms with Crippen molar-refractivity contribution in [1.82, 2.24) is 10.2 Å². The molecule has 0 radical (unpaired) electrons. The van der Waals surface area contributed by atoms with Crippen LogP contribution in [0.2, 0.25) is 10.0 Å². The molecule has 0 heterocycles. The molecule has 0 aliphatic heterocycles. The number of amides is 2. The summed E-state index contributed by atoms with van der Waals surface area (Å²) in [5.41, 5.74) is 1.55. The Bertz CT molecular complexity index is 1660. The summed E-state index contributed by atoms with van der Waals surface area (Å²) >= 11 is 12.8. The minimum Gasteiger partial charge on any atom is -0.457 e. The van der Waals surface area contributed by atoms with Crippen molar-refractivity contribution in [2.24, 2.45) is 0 Å². The van der Waals surface area contributed by atoms with Crippen LogP contribution in [0.5, 0.6) is 11.5 Å². The summed E-state index contributed by atoms with van der Waals surface area (Å²) in [5.74, 6) is 0.0306. The number of sulfonamides is 1. The number of aryl methyl sites for hydroxylation is 1. The van der Waals surface area contributed by atoms with Crippen LogP contribution in [0.25, 0.3) is 0 Å². The van der Waals surface area contributed by atoms with Crippen LogP contribution in [-0.2, 0) is 26.2 Å². The van der Waals surface area contributed by atoms with E-state index in [9.17, 15) is 18.0 Å². The second kappa shape index (κ2) is 13.9. The molecule has 0 spiro atoms. The first-order valence-electron chi connectivity index (χ1n) is 13.4. The van der Waals surface area contributed by atoms with Gasteiger partial charge in [0.2, 0.25) is 11.8 Å². The number of para-hydroxylation sites is 1. The van der Waals surface area contributed by atoms with Crippen molar-refractivity contribution in [3.63, 3.8) is 0 Å². The Morgan fingerprint density at radius 3 is 2.00 bits per heavy atom. The lowest BCUT2D eigenvalue weighted by Crippen LogP contribution is -2.50. The van der Waals surface area contributed by atoms with E-state index in [1.54, 1.807) is 73.7 Å². The summed E-state index contributed by atoms with van der Waals surface area (Å²) in [5, 5.41) is 3.17. The van der Waals surface area contributed by atoms with Gasteiger partial charge in [-0.3, -0.25) is 13.9 Å². The lowest BCUT2D eigenvalue weighted by atomic mass is 10.1. The maximum absolute atomic E-state index is 14.0. The van der Waals surface area contributed by atoms with E-state index in [-0.39, 0.29) is 17.1 Å². The molecule has 4 aromatic carbocycles. The Hall–Kier alpha value is -4.05. The molecule has 2 amide bonds. The zero-order valence-electron chi connectivity index (χ0n) is 23.8. The first-order chi connectivity index (χ1) is 20.5. The third kappa shape index (κ3) is 7.67. The molecule has 1 unspecified atom stereocenters. The van der Waals surface area contributed by atoms with Crippen LogP contribution in [-0.4, -0.2) is 44.8 Å². The quantitative estimate of drug-likeness (QED) is 0.203. The largest absolute Gasteiger partial charge is 0.457 e. The number of likely N-dealkylation sites (N-methyl/N-ethyl adjacent to an activating group) is 1. The lowest BCUT2D eigenvalue weighted by Gasteiger charge is -2.32. The van der Waals surface area contributed by atoms with Crippen LogP contribution >= 0.6 is 23.2 Å². The van der Waals surface area contributed by atoms with Crippen LogP contribution in [0.15, 0.2) is 102 Å². The Labute approximate surface area is 261 Å². The Morgan fingerprint density at radius 2 is 1.42 bits per heavy atom. The fourth-order valence-electron chi connectivity index (χ4n) is 4.32. The van der Waals surface area contributed by atoms with Gasteiger partial charge in [-0.1, -0.05) is 65.2 Å². The molecule has 1 N–H and O–H groups in total. The van der Waals surface area contributed by atoms with Crippen LogP contribution in [0.4, 0.5) is 5.69 Å². The van der Waals surface area contributed by atoms with E-state index in [0.29, 0.717) is 27.1 Å². The molecule has 4 aromatic rings. The standard InChI is InChI=1S/C32H31Cl2N3O5S/c1-22-12-18-27(19-13-22)43(40,41)37(24-14-16-26(17-15-24)42-25-8-5-4-6-9-25)21-31(38)36(23(2)32(39)35-3)20-28-29(33)10-7-11-30(28)34/h4-19,23H,20-21H2,1-3H3,(H,35,39). The maximum Gasteiger partial charge on any atom is 0.264 e. The van der Waals surface area contributed by atoms with E-state index in [2.05, 4.69) is 5.32 Å². The zero-order chi connectivity index (χ0) is 31.1. The monoisotopic (exact) mass is 639 g/mol. The maximum atomic E-state index is 14.0. The van der Waals surface area contributed by atoms with Crippen molar-refractivity contribution in [1.29, 1.82) is 0 Å². The second-order valence-electron chi connectivity index (χ2n) is 9.75. The van der Waals surface area contributed by atoms with Crippen molar-refractivity contribution in [3.8, 4) is 11.5 Å². The van der Waals surface area contributed by atoms with E-state index in [4.69, 9.17) is 27.9 Å². The number of benzene rings is 4. The molecule has 1 atom stereocenters. The van der Waals surface area contributed by atoms with Gasteiger partial charge in [-0.15, -0.1) is 0 Å². The molecule has 0 fully saturated rings. The summed E-state index contributed by atoms with van der Waals surface area (Å²) in [4.78, 5) is 27.9. The van der Waals surface area contributed by atoms with E-state index in [1.165, 1.54) is 24.1 Å². The van der Waals surface area contributed by atoms with Crippen molar-refractivity contribution in [2.75, 3.05) is 17.9 Å². The van der Waals surface area contributed by atoms with Gasteiger partial charge in [0, 0.05) is 29.2 Å². The highest BCUT2D eigenvalue weighted by molar-refractivity contribution is 7.92. The first-order valence-corrected chi connectivity index (χ1v) is 15.6. The molecule has 0 aliphatic rings. The van der Waals surface area contributed by atoms with Gasteiger partial charge in [0.15, 0.2) is 0 Å². The minimum atomic E-state index is -4.22. The molecule has 43 heavy (non-hydrogen) atoms. The molecule has 11 heteroatoms. The van der Waals surface area contributed by atoms with E-state index in [1.807, 2.05) is 25.1 Å². The SMILES string of the molecule is CNC(=O)C(C)N(Cc1c(Cl)cccc1Cl)C(=O)CN(c1ccc(Oc2ccccc2)cc1)S(=O)(=O)c1ccc(C)cc1. The number of carbonyl (C=O) groups excluding carboxylic acids is 2. The van der Waals surface area contributed by atoms with Crippen LogP contribution in [0.3, 0.4) is 0 Å². The van der Waals surface area contributed by atoms with Gasteiger partial charge in [-0.25, -0.2) is 8.42 Å². The predicted octanol–water partition coefficient (Wildman–Crippen LogP) is 6.45. The lowest BCUT2D eigenvalue weighted by molar-refractivity contribution is -0.139. The third-order valence-electron chi connectivity index (χ3n) is 6.80. The van der Waals surface area contributed by atoms with Gasteiger partial charge in [0.1, 0.15) is 24.1 Å². The number of halogens is 2. The topological polar surface area (TPSA) is 96.0 Å². The Kier molecular flexibility index (Phi) is 10.3. The number of ether oxygens (including phenoxy) is 1. The summed E-state index contributed by atoms with van der Waals surface area (Å²) in [6.07, 6.45) is 0. The van der Waals surface area contributed by atoms with Gasteiger partial charge >= 0.3 is 0 Å². The summed E-state index contributed by atoms with van der Waals surface area (Å²) in [6.45, 7) is 2.68. The number of nitrogens with zero attached hydrogens (tertiary/aromatic N) is 2. The molecular weight excluding hydrogens is 609 g/mol. The van der Waals surface area contributed by atoms with Crippen LogP contribution in [0, 0.1) is 6.92 Å². The van der Waals surface area contributed by atoms with Crippen LogP contribution in [0.1, 0.15) is 18.1 Å². The van der Waals surface area contributed by atoms with Gasteiger partial charge in [-0.2, -0.15) is 0 Å². The molecule has 0 saturated carbocycles. The average molecular weight is 641 g/mol. The highest BCUT2D eigenvalue weighted by atomic mass is 35.5. The number of anilines is 1. The normalized spacial score (nSPS) is 11.8. The Balaban J connectivity index is 1.73. The second-order valence-corrected chi connectivity index (χ2v) is 12.4. The number of nitrogens with one attached hydrogen (secondary N) is 1. The molecular formula is C32H31Cl2N3O5S. The van der Waals surface area contributed by atoms with Crippen molar-refractivity contribution < 1.29 is 22.7 Å². The van der Waals surface area contributed by atoms with E-state index >= 15 is 0 Å². The summed E-state index contributed by atoms with van der Waals surface area (Å²) < 4.78 is 34.9.